The van der Waals surface area contributed by atoms with Crippen LogP contribution in [0.15, 0.2) is 46.3 Å². The predicted octanol–water partition coefficient (Wildman–Crippen LogP) is 2.80. The normalized spacial score (nSPS) is 17.8. The van der Waals surface area contributed by atoms with Crippen LogP contribution in [-0.4, -0.2) is 36.1 Å². The van der Waals surface area contributed by atoms with Crippen molar-refractivity contribution in [1.29, 1.82) is 0 Å². The summed E-state index contributed by atoms with van der Waals surface area (Å²) in [5.41, 5.74) is 1.18. The SMILES string of the molecule is COC(=O)c1cc(N=C2NC(=O)/C(=C/c3ccc4c(c3)OCO4)S2)ccc1O. The topological polar surface area (TPSA) is 106 Å². The van der Waals surface area contributed by atoms with Crippen molar-refractivity contribution >= 4 is 40.6 Å². The Balaban J connectivity index is 1.57. The quantitative estimate of drug-likeness (QED) is 0.605. The molecule has 0 saturated carbocycles. The summed E-state index contributed by atoms with van der Waals surface area (Å²) >= 11 is 1.17. The first-order valence-corrected chi connectivity index (χ1v) is 8.96. The van der Waals surface area contributed by atoms with Crippen LogP contribution < -0.4 is 14.8 Å². The number of hydrogen-bond acceptors (Lipinski definition) is 8. The van der Waals surface area contributed by atoms with Crippen LogP contribution in [0.2, 0.25) is 0 Å². The van der Waals surface area contributed by atoms with Crippen LogP contribution in [0, 0.1) is 0 Å². The zero-order valence-electron chi connectivity index (χ0n) is 14.6. The molecule has 2 aliphatic heterocycles. The van der Waals surface area contributed by atoms with E-state index in [0.717, 1.165) is 5.56 Å². The molecule has 2 N–H and O–H groups in total. The van der Waals surface area contributed by atoms with Crippen LogP contribution >= 0.6 is 11.8 Å². The number of nitrogens with zero attached hydrogens (tertiary/aromatic N) is 1. The fourth-order valence-electron chi connectivity index (χ4n) is 2.62. The number of ether oxygens (including phenoxy) is 3. The Morgan fingerprint density at radius 3 is 2.89 bits per heavy atom. The summed E-state index contributed by atoms with van der Waals surface area (Å²) in [7, 11) is 1.22. The highest BCUT2D eigenvalue weighted by molar-refractivity contribution is 8.18. The molecule has 4 rings (SSSR count). The summed E-state index contributed by atoms with van der Waals surface area (Å²) in [6.45, 7) is 0.182. The minimum atomic E-state index is -0.675. The van der Waals surface area contributed by atoms with Gasteiger partial charge in [-0.25, -0.2) is 9.79 Å². The van der Waals surface area contributed by atoms with Gasteiger partial charge in [-0.15, -0.1) is 0 Å². The van der Waals surface area contributed by atoms with Crippen molar-refractivity contribution in [3.8, 4) is 17.2 Å². The first kappa shape index (κ1) is 17.9. The van der Waals surface area contributed by atoms with E-state index in [2.05, 4.69) is 15.0 Å². The van der Waals surface area contributed by atoms with Crippen molar-refractivity contribution in [2.75, 3.05) is 13.9 Å². The lowest BCUT2D eigenvalue weighted by Crippen LogP contribution is -2.19. The number of amidine groups is 1. The fourth-order valence-corrected chi connectivity index (χ4v) is 3.46. The van der Waals surface area contributed by atoms with Gasteiger partial charge in [-0.3, -0.25) is 4.79 Å². The number of esters is 1. The van der Waals surface area contributed by atoms with Gasteiger partial charge in [-0.2, -0.15) is 0 Å². The van der Waals surface area contributed by atoms with Gasteiger partial charge in [-0.1, -0.05) is 6.07 Å². The van der Waals surface area contributed by atoms with Crippen LogP contribution in [0.3, 0.4) is 0 Å². The number of carbonyl (C=O) groups is 2. The molecule has 2 aliphatic rings. The third-order valence-corrected chi connectivity index (χ3v) is 4.87. The number of phenolic OH excluding ortho intramolecular Hbond substituents is 1. The number of thioether (sulfide) groups is 1. The van der Waals surface area contributed by atoms with E-state index in [0.29, 0.717) is 27.3 Å². The molecule has 0 bridgehead atoms. The predicted molar refractivity (Wildman–Crippen MR) is 103 cm³/mol. The Labute approximate surface area is 163 Å². The molecule has 0 aromatic heterocycles. The Bertz CT molecular complexity index is 1050. The smallest absolute Gasteiger partial charge is 0.341 e. The first-order chi connectivity index (χ1) is 13.5. The molecule has 8 nitrogen and oxygen atoms in total. The van der Waals surface area contributed by atoms with Crippen molar-refractivity contribution in [3.05, 3.63) is 52.4 Å². The van der Waals surface area contributed by atoms with E-state index in [4.69, 9.17) is 9.47 Å². The molecule has 0 radical (unpaired) electrons. The van der Waals surface area contributed by atoms with Gasteiger partial charge in [0.2, 0.25) is 6.79 Å². The van der Waals surface area contributed by atoms with Gasteiger partial charge >= 0.3 is 5.97 Å². The molecule has 1 amide bonds. The van der Waals surface area contributed by atoms with Crippen molar-refractivity contribution in [3.63, 3.8) is 0 Å². The minimum absolute atomic E-state index is 0.00482. The van der Waals surface area contributed by atoms with E-state index in [9.17, 15) is 14.7 Å². The summed E-state index contributed by atoms with van der Waals surface area (Å²) in [5.74, 6) is 0.134. The highest BCUT2D eigenvalue weighted by Crippen LogP contribution is 2.35. The van der Waals surface area contributed by atoms with Crippen LogP contribution in [-0.2, 0) is 9.53 Å². The number of phenols is 1. The average Bonchev–Trinajstić information content (AvgIpc) is 3.29. The molecule has 142 valence electrons. The van der Waals surface area contributed by atoms with E-state index in [1.54, 1.807) is 18.2 Å². The molecule has 28 heavy (non-hydrogen) atoms. The molecule has 0 spiro atoms. The van der Waals surface area contributed by atoms with E-state index in [1.807, 2.05) is 6.07 Å². The zero-order chi connectivity index (χ0) is 19.7. The summed E-state index contributed by atoms with van der Waals surface area (Å²) in [6, 6.07) is 9.66. The summed E-state index contributed by atoms with van der Waals surface area (Å²) in [4.78, 5) is 28.7. The Morgan fingerprint density at radius 1 is 1.25 bits per heavy atom. The van der Waals surface area contributed by atoms with Gasteiger partial charge in [-0.05, 0) is 53.7 Å². The van der Waals surface area contributed by atoms with Crippen molar-refractivity contribution in [1.82, 2.24) is 5.32 Å². The lowest BCUT2D eigenvalue weighted by Gasteiger charge is -2.03. The largest absolute Gasteiger partial charge is 0.507 e. The molecular formula is C19H14N2O6S. The number of nitrogens with one attached hydrogen (secondary N) is 1. The molecule has 2 heterocycles. The minimum Gasteiger partial charge on any atom is -0.507 e. The number of fused-ring (bicyclic) bond motifs is 1. The molecule has 9 heteroatoms. The van der Waals surface area contributed by atoms with E-state index < -0.39 is 5.97 Å². The van der Waals surface area contributed by atoms with Crippen molar-refractivity contribution < 1.29 is 28.9 Å². The first-order valence-electron chi connectivity index (χ1n) is 8.14. The highest BCUT2D eigenvalue weighted by atomic mass is 32.2. The summed E-state index contributed by atoms with van der Waals surface area (Å²) < 4.78 is 15.2. The number of hydrogen-bond donors (Lipinski definition) is 2. The van der Waals surface area contributed by atoms with E-state index in [-0.39, 0.29) is 24.0 Å². The van der Waals surface area contributed by atoms with Gasteiger partial charge < -0.3 is 24.6 Å². The second-order valence-electron chi connectivity index (χ2n) is 5.79. The molecule has 2 aromatic rings. The van der Waals surface area contributed by atoms with Gasteiger partial charge in [0.25, 0.3) is 5.91 Å². The molecule has 0 unspecified atom stereocenters. The maximum absolute atomic E-state index is 12.2. The average molecular weight is 398 g/mol. The highest BCUT2D eigenvalue weighted by Gasteiger charge is 2.24. The molecule has 0 atom stereocenters. The summed E-state index contributed by atoms with van der Waals surface area (Å²) in [6.07, 6.45) is 1.72. The lowest BCUT2D eigenvalue weighted by molar-refractivity contribution is -0.115. The third kappa shape index (κ3) is 3.52. The number of benzene rings is 2. The second kappa shape index (κ2) is 7.28. The van der Waals surface area contributed by atoms with Gasteiger partial charge in [0, 0.05) is 0 Å². The number of aromatic hydroxyl groups is 1. The standard InChI is InChI=1S/C19H14N2O6S/c1-25-18(24)12-8-11(3-4-13(12)22)20-19-21-17(23)16(28-19)7-10-2-5-14-15(6-10)27-9-26-14/h2-8,22H,9H2,1H3,(H,20,21,23)/b16-7-. The monoisotopic (exact) mass is 398 g/mol. The summed E-state index contributed by atoms with van der Waals surface area (Å²) in [5, 5.41) is 12.8. The van der Waals surface area contributed by atoms with Crippen molar-refractivity contribution in [2.24, 2.45) is 4.99 Å². The third-order valence-electron chi connectivity index (χ3n) is 3.96. The molecule has 1 saturated heterocycles. The van der Waals surface area contributed by atoms with Crippen LogP contribution in [0.4, 0.5) is 5.69 Å². The Hall–Kier alpha value is -3.46. The van der Waals surface area contributed by atoms with Crippen LogP contribution in [0.25, 0.3) is 6.08 Å². The van der Waals surface area contributed by atoms with Gasteiger partial charge in [0.05, 0.1) is 17.7 Å². The molecule has 0 aliphatic carbocycles. The number of rotatable bonds is 3. The molecule has 1 fully saturated rings. The lowest BCUT2D eigenvalue weighted by atomic mass is 10.2. The second-order valence-corrected chi connectivity index (χ2v) is 6.82. The maximum atomic E-state index is 12.2. The zero-order valence-corrected chi connectivity index (χ0v) is 15.4. The van der Waals surface area contributed by atoms with Crippen LogP contribution in [0.1, 0.15) is 15.9 Å². The number of aliphatic imine (C=N–C) groups is 1. The number of carbonyl (C=O) groups excluding carboxylic acids is 2. The Morgan fingerprint density at radius 2 is 2.07 bits per heavy atom. The van der Waals surface area contributed by atoms with Gasteiger partial charge in [0.15, 0.2) is 16.7 Å². The van der Waals surface area contributed by atoms with E-state index >= 15 is 0 Å². The van der Waals surface area contributed by atoms with E-state index in [1.165, 1.54) is 37.1 Å². The van der Waals surface area contributed by atoms with Crippen molar-refractivity contribution in [2.45, 2.75) is 0 Å². The Kier molecular flexibility index (Phi) is 4.66. The molecular weight excluding hydrogens is 384 g/mol. The number of amides is 1. The number of methoxy groups -OCH3 is 1. The van der Waals surface area contributed by atoms with Gasteiger partial charge in [0.1, 0.15) is 11.3 Å². The maximum Gasteiger partial charge on any atom is 0.341 e. The fraction of sp³-hybridized carbons (Fsp3) is 0.105. The molecule has 2 aromatic carbocycles. The van der Waals surface area contributed by atoms with Crippen LogP contribution in [0.5, 0.6) is 17.2 Å².